The Labute approximate surface area is 95.7 Å². The summed E-state index contributed by atoms with van der Waals surface area (Å²) in [5, 5.41) is 8.71. The van der Waals surface area contributed by atoms with E-state index in [1.165, 1.54) is 5.56 Å². The van der Waals surface area contributed by atoms with Crippen LogP contribution >= 0.6 is 11.6 Å². The molecule has 0 heterocycles. The van der Waals surface area contributed by atoms with Crippen molar-refractivity contribution in [3.05, 3.63) is 35.4 Å². The van der Waals surface area contributed by atoms with Crippen LogP contribution in [0.1, 0.15) is 30.9 Å². The largest absolute Gasteiger partial charge is 0.192 e. The normalized spacial score (nSPS) is 27.1. The van der Waals surface area contributed by atoms with Gasteiger partial charge in [-0.2, -0.15) is 5.26 Å². The molecule has 2 rings (SSSR count). The molecule has 1 aromatic rings. The Morgan fingerprint density at radius 3 is 2.33 bits per heavy atom. The van der Waals surface area contributed by atoms with Crippen molar-refractivity contribution in [1.29, 1.82) is 5.26 Å². The molecule has 0 N–H and O–H groups in total. The van der Waals surface area contributed by atoms with Crippen LogP contribution in [0.3, 0.4) is 0 Å². The highest BCUT2D eigenvalue weighted by Gasteiger charge is 2.57. The number of nitrogens with zero attached hydrogens (tertiary/aromatic N) is 1. The van der Waals surface area contributed by atoms with E-state index >= 15 is 0 Å². The maximum absolute atomic E-state index is 8.71. The van der Waals surface area contributed by atoms with Gasteiger partial charge in [-0.1, -0.05) is 26.0 Å². The predicted molar refractivity (Wildman–Crippen MR) is 61.9 cm³/mol. The van der Waals surface area contributed by atoms with Crippen LogP contribution in [0.4, 0.5) is 0 Å². The quantitative estimate of drug-likeness (QED) is 0.698. The van der Waals surface area contributed by atoms with E-state index in [-0.39, 0.29) is 0 Å². The molecule has 1 saturated carbocycles. The van der Waals surface area contributed by atoms with Crippen LogP contribution in [0.25, 0.3) is 0 Å². The Morgan fingerprint density at radius 2 is 1.93 bits per heavy atom. The first-order chi connectivity index (χ1) is 7.11. The molecule has 2 atom stereocenters. The molecule has 0 aromatic heterocycles. The molecule has 0 bridgehead atoms. The molecule has 0 radical (unpaired) electrons. The van der Waals surface area contributed by atoms with E-state index in [0.29, 0.717) is 17.3 Å². The molecule has 78 valence electrons. The van der Waals surface area contributed by atoms with Gasteiger partial charge in [0.05, 0.1) is 11.6 Å². The first-order valence-corrected chi connectivity index (χ1v) is 5.70. The van der Waals surface area contributed by atoms with Gasteiger partial charge >= 0.3 is 0 Å². The molecule has 1 aliphatic carbocycles. The van der Waals surface area contributed by atoms with Gasteiger partial charge in [-0.15, -0.1) is 11.6 Å². The van der Waals surface area contributed by atoms with Gasteiger partial charge in [0.2, 0.25) is 0 Å². The lowest BCUT2D eigenvalue weighted by atomic mass is 10.0. The van der Waals surface area contributed by atoms with E-state index in [4.69, 9.17) is 16.9 Å². The van der Waals surface area contributed by atoms with Gasteiger partial charge in [-0.25, -0.2) is 0 Å². The molecular formula is C13H14ClN. The number of halogens is 1. The Bertz CT molecular complexity index is 400. The van der Waals surface area contributed by atoms with Crippen LogP contribution in [0.2, 0.25) is 0 Å². The van der Waals surface area contributed by atoms with Crippen LogP contribution in [0, 0.1) is 22.7 Å². The van der Waals surface area contributed by atoms with Gasteiger partial charge in [-0.05, 0) is 34.9 Å². The van der Waals surface area contributed by atoms with Crippen LogP contribution in [0.15, 0.2) is 24.3 Å². The fourth-order valence-electron chi connectivity index (χ4n) is 2.46. The van der Waals surface area contributed by atoms with Crippen LogP contribution in [0.5, 0.6) is 0 Å². The molecule has 2 heteroatoms. The number of benzene rings is 1. The minimum Gasteiger partial charge on any atom is -0.192 e. The molecule has 1 nitrogen and oxygen atoms in total. The van der Waals surface area contributed by atoms with Gasteiger partial charge in [0, 0.05) is 5.88 Å². The third-order valence-electron chi connectivity index (χ3n) is 3.62. The Morgan fingerprint density at radius 1 is 1.33 bits per heavy atom. The number of hydrogen-bond donors (Lipinski definition) is 0. The molecule has 1 aromatic carbocycles. The fraction of sp³-hybridized carbons (Fsp3) is 0.462. The molecule has 1 aliphatic rings. The lowest BCUT2D eigenvalue weighted by Gasteiger charge is -2.02. The summed E-state index contributed by atoms with van der Waals surface area (Å²) in [4.78, 5) is 0. The Hall–Kier alpha value is -1.00. The number of hydrogen-bond acceptors (Lipinski definition) is 1. The van der Waals surface area contributed by atoms with Crippen molar-refractivity contribution in [2.75, 3.05) is 5.88 Å². The summed E-state index contributed by atoms with van der Waals surface area (Å²) in [6, 6.07) is 10.0. The van der Waals surface area contributed by atoms with Crippen molar-refractivity contribution in [2.24, 2.45) is 11.3 Å². The van der Waals surface area contributed by atoms with Crippen molar-refractivity contribution in [1.82, 2.24) is 0 Å². The second-order valence-corrected chi connectivity index (χ2v) is 5.10. The molecule has 0 spiro atoms. The van der Waals surface area contributed by atoms with E-state index in [1.54, 1.807) is 0 Å². The van der Waals surface area contributed by atoms with E-state index in [2.05, 4.69) is 32.0 Å². The summed E-state index contributed by atoms with van der Waals surface area (Å²) in [5.74, 6) is 1.85. The second kappa shape index (κ2) is 3.54. The number of rotatable bonds is 2. The fourth-order valence-corrected chi connectivity index (χ4v) is 3.03. The topological polar surface area (TPSA) is 23.8 Å². The summed E-state index contributed by atoms with van der Waals surface area (Å²) >= 11 is 5.93. The van der Waals surface area contributed by atoms with Gasteiger partial charge in [0.1, 0.15) is 0 Å². The van der Waals surface area contributed by atoms with Crippen molar-refractivity contribution < 1.29 is 0 Å². The van der Waals surface area contributed by atoms with Gasteiger partial charge in [0.15, 0.2) is 0 Å². The summed E-state index contributed by atoms with van der Waals surface area (Å²) in [6.07, 6.45) is 0. The zero-order valence-corrected chi connectivity index (χ0v) is 9.75. The Kier molecular flexibility index (Phi) is 2.48. The predicted octanol–water partition coefficient (Wildman–Crippen LogP) is 3.54. The number of nitriles is 1. The molecular weight excluding hydrogens is 206 g/mol. The third kappa shape index (κ3) is 1.64. The monoisotopic (exact) mass is 219 g/mol. The minimum atomic E-state index is 0.315. The number of alkyl halides is 1. The molecule has 0 aliphatic heterocycles. The second-order valence-electron chi connectivity index (χ2n) is 4.79. The van der Waals surface area contributed by atoms with Gasteiger partial charge in [0.25, 0.3) is 0 Å². The first-order valence-electron chi connectivity index (χ1n) is 5.17. The first kappa shape index (κ1) is 10.5. The lowest BCUT2D eigenvalue weighted by molar-refractivity contribution is 0.577. The van der Waals surface area contributed by atoms with Crippen molar-refractivity contribution in [3.8, 4) is 6.07 Å². The highest BCUT2D eigenvalue weighted by atomic mass is 35.5. The van der Waals surface area contributed by atoms with Crippen molar-refractivity contribution >= 4 is 11.6 Å². The summed E-state index contributed by atoms with van der Waals surface area (Å²) in [6.45, 7) is 4.51. The van der Waals surface area contributed by atoms with E-state index in [1.807, 2.05) is 12.1 Å². The maximum atomic E-state index is 8.71. The zero-order chi connectivity index (χ0) is 11.1. The van der Waals surface area contributed by atoms with E-state index in [0.717, 1.165) is 11.4 Å². The van der Waals surface area contributed by atoms with Crippen molar-refractivity contribution in [3.63, 3.8) is 0 Å². The van der Waals surface area contributed by atoms with Gasteiger partial charge < -0.3 is 0 Å². The van der Waals surface area contributed by atoms with Gasteiger partial charge in [-0.3, -0.25) is 0 Å². The third-order valence-corrected chi connectivity index (χ3v) is 3.95. The minimum absolute atomic E-state index is 0.315. The highest BCUT2D eigenvalue weighted by Crippen LogP contribution is 2.64. The average Bonchev–Trinajstić information content (AvgIpc) is 2.80. The van der Waals surface area contributed by atoms with Crippen molar-refractivity contribution in [2.45, 2.75) is 19.8 Å². The maximum Gasteiger partial charge on any atom is 0.0991 e. The Balaban J connectivity index is 2.23. The molecule has 1 fully saturated rings. The zero-order valence-electron chi connectivity index (χ0n) is 9.00. The van der Waals surface area contributed by atoms with Crippen LogP contribution in [-0.4, -0.2) is 5.88 Å². The summed E-state index contributed by atoms with van der Waals surface area (Å²) < 4.78 is 0. The molecule has 0 saturated heterocycles. The highest BCUT2D eigenvalue weighted by molar-refractivity contribution is 6.18. The smallest absolute Gasteiger partial charge is 0.0991 e. The lowest BCUT2D eigenvalue weighted by Crippen LogP contribution is -1.90. The average molecular weight is 220 g/mol. The summed E-state index contributed by atoms with van der Waals surface area (Å²) in [5.41, 5.74) is 2.35. The molecule has 15 heavy (non-hydrogen) atoms. The van der Waals surface area contributed by atoms with Crippen LogP contribution < -0.4 is 0 Å². The van der Waals surface area contributed by atoms with Crippen LogP contribution in [-0.2, 0) is 0 Å². The SMILES string of the molecule is CC1(C)C(CCl)C1c1ccc(C#N)cc1. The van der Waals surface area contributed by atoms with E-state index in [9.17, 15) is 0 Å². The summed E-state index contributed by atoms with van der Waals surface area (Å²) in [7, 11) is 0. The molecule has 2 unspecified atom stereocenters. The standard InChI is InChI=1S/C13H14ClN/c1-13(2)11(7-14)12(13)10-5-3-9(8-15)4-6-10/h3-6,11-12H,7H2,1-2H3. The molecule has 0 amide bonds. The van der Waals surface area contributed by atoms with E-state index < -0.39 is 0 Å².